The molecule has 2 aliphatic heterocycles. The minimum absolute atomic E-state index is 0.00593. The molecule has 5 rings (SSSR count). The Kier molecular flexibility index (Phi) is 7.84. The van der Waals surface area contributed by atoms with Gasteiger partial charge in [0.05, 0.1) is 24.7 Å². The van der Waals surface area contributed by atoms with Crippen LogP contribution in [0.25, 0.3) is 22.3 Å². The van der Waals surface area contributed by atoms with Crippen molar-refractivity contribution in [3.05, 3.63) is 65.2 Å². The molecule has 0 aromatic heterocycles. The predicted octanol–water partition coefficient (Wildman–Crippen LogP) is 4.38. The van der Waals surface area contributed by atoms with E-state index >= 15 is 0 Å². The quantitative estimate of drug-likeness (QED) is 0.457. The number of carbonyl (C=O) groups is 1. The van der Waals surface area contributed by atoms with Gasteiger partial charge in [-0.1, -0.05) is 48.0 Å². The summed E-state index contributed by atoms with van der Waals surface area (Å²) in [5.74, 6) is 2.21. The van der Waals surface area contributed by atoms with Crippen molar-refractivity contribution >= 4 is 17.5 Å². The van der Waals surface area contributed by atoms with Gasteiger partial charge >= 0.3 is 0 Å². The highest BCUT2D eigenvalue weighted by Gasteiger charge is 2.28. The molecule has 1 atom stereocenters. The summed E-state index contributed by atoms with van der Waals surface area (Å²) in [5.41, 5.74) is 4.82. The lowest BCUT2D eigenvalue weighted by Gasteiger charge is -2.20. The SMILES string of the molecule is COc1cc(-c2cccc(-c3ccc4c(c3)OCCO4)c2Cl)ccc1CN1CC[C@@H](C(=O)NCCO)C1. The number of halogens is 1. The van der Waals surface area contributed by atoms with Crippen LogP contribution in [0.4, 0.5) is 0 Å². The summed E-state index contributed by atoms with van der Waals surface area (Å²) in [6.07, 6.45) is 0.805. The molecule has 2 heterocycles. The van der Waals surface area contributed by atoms with Gasteiger partial charge in [0.1, 0.15) is 19.0 Å². The van der Waals surface area contributed by atoms with Crippen LogP contribution in [0.1, 0.15) is 12.0 Å². The third kappa shape index (κ3) is 5.54. The van der Waals surface area contributed by atoms with Crippen molar-refractivity contribution in [1.29, 1.82) is 0 Å². The minimum Gasteiger partial charge on any atom is -0.496 e. The Labute approximate surface area is 221 Å². The normalized spacial score (nSPS) is 17.0. The predicted molar refractivity (Wildman–Crippen MR) is 143 cm³/mol. The number of aliphatic hydroxyl groups excluding tert-OH is 1. The van der Waals surface area contributed by atoms with Crippen LogP contribution < -0.4 is 19.5 Å². The fourth-order valence-electron chi connectivity index (χ4n) is 4.99. The molecule has 3 aromatic carbocycles. The highest BCUT2D eigenvalue weighted by molar-refractivity contribution is 6.36. The fourth-order valence-corrected chi connectivity index (χ4v) is 5.33. The first kappa shape index (κ1) is 25.4. The number of likely N-dealkylation sites (tertiary alicyclic amines) is 1. The van der Waals surface area contributed by atoms with E-state index in [2.05, 4.69) is 22.3 Å². The van der Waals surface area contributed by atoms with Crippen molar-refractivity contribution in [3.63, 3.8) is 0 Å². The van der Waals surface area contributed by atoms with Crippen LogP contribution >= 0.6 is 11.6 Å². The number of ether oxygens (including phenoxy) is 3. The monoisotopic (exact) mass is 522 g/mol. The number of nitrogens with zero attached hydrogens (tertiary/aromatic N) is 1. The number of carbonyl (C=O) groups excluding carboxylic acids is 1. The number of nitrogens with one attached hydrogen (secondary N) is 1. The molecule has 8 heteroatoms. The summed E-state index contributed by atoms with van der Waals surface area (Å²) in [6.45, 7) is 3.55. The summed E-state index contributed by atoms with van der Waals surface area (Å²) < 4.78 is 17.2. The molecular formula is C29H31ClN2O5. The van der Waals surface area contributed by atoms with Gasteiger partial charge in [-0.25, -0.2) is 0 Å². The molecule has 0 bridgehead atoms. The first-order valence-corrected chi connectivity index (χ1v) is 12.9. The second-order valence-electron chi connectivity index (χ2n) is 9.29. The summed E-state index contributed by atoms with van der Waals surface area (Å²) >= 11 is 6.94. The summed E-state index contributed by atoms with van der Waals surface area (Å²) in [5, 5.41) is 12.4. The van der Waals surface area contributed by atoms with Gasteiger partial charge in [-0.15, -0.1) is 0 Å². The number of aliphatic hydroxyl groups is 1. The molecule has 3 aromatic rings. The van der Waals surface area contributed by atoms with Crippen LogP contribution in [0.2, 0.25) is 5.02 Å². The van der Waals surface area contributed by atoms with Crippen LogP contribution in [-0.4, -0.2) is 62.5 Å². The third-order valence-electron chi connectivity index (χ3n) is 6.90. The van der Waals surface area contributed by atoms with Gasteiger partial charge in [0.15, 0.2) is 11.5 Å². The van der Waals surface area contributed by atoms with E-state index in [0.717, 1.165) is 58.0 Å². The van der Waals surface area contributed by atoms with Crippen LogP contribution in [0, 0.1) is 5.92 Å². The molecule has 7 nitrogen and oxygen atoms in total. The van der Waals surface area contributed by atoms with Crippen molar-refractivity contribution < 1.29 is 24.1 Å². The van der Waals surface area contributed by atoms with E-state index in [-0.39, 0.29) is 18.4 Å². The molecule has 2 aliphatic rings. The first-order valence-electron chi connectivity index (χ1n) is 12.5. The van der Waals surface area contributed by atoms with E-state index < -0.39 is 0 Å². The Morgan fingerprint density at radius 3 is 2.57 bits per heavy atom. The van der Waals surface area contributed by atoms with Gasteiger partial charge in [0, 0.05) is 36.3 Å². The largest absolute Gasteiger partial charge is 0.496 e. The Balaban J connectivity index is 1.35. The first-order chi connectivity index (χ1) is 18.1. The van der Waals surface area contributed by atoms with E-state index in [0.29, 0.717) is 37.9 Å². The summed E-state index contributed by atoms with van der Waals surface area (Å²) in [4.78, 5) is 14.5. The Bertz CT molecular complexity index is 1280. The molecule has 0 radical (unpaired) electrons. The summed E-state index contributed by atoms with van der Waals surface area (Å²) in [6, 6.07) is 18.0. The Hall–Kier alpha value is -3.26. The highest BCUT2D eigenvalue weighted by atomic mass is 35.5. The molecule has 1 amide bonds. The van der Waals surface area contributed by atoms with Crippen LogP contribution in [0.3, 0.4) is 0 Å². The van der Waals surface area contributed by atoms with Crippen LogP contribution in [0.5, 0.6) is 17.2 Å². The Morgan fingerprint density at radius 2 is 1.81 bits per heavy atom. The minimum atomic E-state index is -0.0566. The van der Waals surface area contributed by atoms with E-state index in [1.807, 2.05) is 42.5 Å². The molecular weight excluding hydrogens is 492 g/mol. The van der Waals surface area contributed by atoms with E-state index in [9.17, 15) is 4.79 Å². The van der Waals surface area contributed by atoms with E-state index in [1.165, 1.54) is 0 Å². The van der Waals surface area contributed by atoms with Gasteiger partial charge in [-0.05, 0) is 42.3 Å². The van der Waals surface area contributed by atoms with Crippen LogP contribution in [0.15, 0.2) is 54.6 Å². The number of methoxy groups -OCH3 is 1. The molecule has 194 valence electrons. The number of amides is 1. The van der Waals surface area contributed by atoms with Crippen molar-refractivity contribution in [3.8, 4) is 39.5 Å². The molecule has 0 aliphatic carbocycles. The molecule has 1 saturated heterocycles. The van der Waals surface area contributed by atoms with Crippen molar-refractivity contribution in [2.75, 3.05) is 46.6 Å². The van der Waals surface area contributed by atoms with Crippen molar-refractivity contribution in [2.45, 2.75) is 13.0 Å². The zero-order valence-electron chi connectivity index (χ0n) is 20.8. The average molecular weight is 523 g/mol. The second kappa shape index (κ2) is 11.4. The zero-order chi connectivity index (χ0) is 25.8. The highest BCUT2D eigenvalue weighted by Crippen LogP contribution is 2.41. The number of fused-ring (bicyclic) bond motifs is 1. The maximum absolute atomic E-state index is 12.3. The topological polar surface area (TPSA) is 80.3 Å². The lowest BCUT2D eigenvalue weighted by molar-refractivity contribution is -0.124. The summed E-state index contributed by atoms with van der Waals surface area (Å²) in [7, 11) is 1.67. The molecule has 2 N–H and O–H groups in total. The number of hydrogen-bond donors (Lipinski definition) is 2. The maximum atomic E-state index is 12.3. The standard InChI is InChI=1S/C29H31ClN2O5/c1-35-26-15-19(5-6-21(26)17-32-11-9-22(18-32)29(34)31-10-12-33)23-3-2-4-24(28(23)30)20-7-8-25-27(16-20)37-14-13-36-25/h2-8,15-16,22,33H,9-14,17-18H2,1H3,(H,31,34)/t22-/m1/s1. The Morgan fingerprint density at radius 1 is 1.08 bits per heavy atom. The average Bonchev–Trinajstić information content (AvgIpc) is 3.40. The second-order valence-corrected chi connectivity index (χ2v) is 9.67. The molecule has 1 fully saturated rings. The number of hydrogen-bond acceptors (Lipinski definition) is 6. The molecule has 0 spiro atoms. The van der Waals surface area contributed by atoms with Gasteiger partial charge < -0.3 is 24.6 Å². The zero-order valence-corrected chi connectivity index (χ0v) is 21.6. The van der Waals surface area contributed by atoms with Gasteiger partial charge in [0.2, 0.25) is 5.91 Å². The van der Waals surface area contributed by atoms with Gasteiger partial charge in [0.25, 0.3) is 0 Å². The number of benzene rings is 3. The van der Waals surface area contributed by atoms with Gasteiger partial charge in [-0.2, -0.15) is 0 Å². The smallest absolute Gasteiger partial charge is 0.224 e. The van der Waals surface area contributed by atoms with E-state index in [1.54, 1.807) is 7.11 Å². The van der Waals surface area contributed by atoms with Crippen LogP contribution in [-0.2, 0) is 11.3 Å². The van der Waals surface area contributed by atoms with E-state index in [4.69, 9.17) is 30.9 Å². The molecule has 37 heavy (non-hydrogen) atoms. The molecule has 0 saturated carbocycles. The number of rotatable bonds is 8. The molecule has 0 unspecified atom stereocenters. The third-order valence-corrected chi connectivity index (χ3v) is 7.31. The lowest BCUT2D eigenvalue weighted by atomic mass is 9.97. The van der Waals surface area contributed by atoms with Crippen molar-refractivity contribution in [1.82, 2.24) is 10.2 Å². The fraction of sp³-hybridized carbons (Fsp3) is 0.345. The lowest BCUT2D eigenvalue weighted by Crippen LogP contribution is -2.34. The van der Waals surface area contributed by atoms with Crippen molar-refractivity contribution in [2.24, 2.45) is 5.92 Å². The van der Waals surface area contributed by atoms with Gasteiger partial charge in [-0.3, -0.25) is 9.69 Å². The maximum Gasteiger partial charge on any atom is 0.224 e.